The topological polar surface area (TPSA) is 55.7 Å². The predicted molar refractivity (Wildman–Crippen MR) is 80.5 cm³/mol. The van der Waals surface area contributed by atoms with Gasteiger partial charge in [-0.3, -0.25) is 4.90 Å². The molecule has 0 aromatic heterocycles. The van der Waals surface area contributed by atoms with Gasteiger partial charge in [-0.1, -0.05) is 12.1 Å². The summed E-state index contributed by atoms with van der Waals surface area (Å²) in [7, 11) is 0. The minimum atomic E-state index is -0.484. The van der Waals surface area contributed by atoms with Crippen molar-refractivity contribution >= 4 is 0 Å². The second-order valence-corrected chi connectivity index (χ2v) is 6.08. The molecule has 1 aromatic carbocycles. The molecule has 1 saturated heterocycles. The summed E-state index contributed by atoms with van der Waals surface area (Å²) in [5.74, 6) is -0.205. The van der Waals surface area contributed by atoms with E-state index in [2.05, 4.69) is 10.2 Å². The van der Waals surface area contributed by atoms with E-state index in [1.165, 1.54) is 0 Å². The highest BCUT2D eigenvalue weighted by Crippen LogP contribution is 2.18. The quantitative estimate of drug-likeness (QED) is 0.777. The highest BCUT2D eigenvalue weighted by Gasteiger charge is 2.32. The summed E-state index contributed by atoms with van der Waals surface area (Å²) < 4.78 is 13.7. The van der Waals surface area contributed by atoms with Crippen molar-refractivity contribution in [2.75, 3.05) is 13.1 Å². The summed E-state index contributed by atoms with van der Waals surface area (Å²) in [5, 5.41) is 22.9. The molecule has 4 atom stereocenters. The second-order valence-electron chi connectivity index (χ2n) is 6.08. The highest BCUT2D eigenvalue weighted by molar-refractivity contribution is 5.23. The molecule has 0 aliphatic carbocycles. The van der Waals surface area contributed by atoms with Gasteiger partial charge >= 0.3 is 0 Å². The Bertz CT molecular complexity index is 479. The largest absolute Gasteiger partial charge is 0.392 e. The van der Waals surface area contributed by atoms with Crippen LogP contribution in [0, 0.1) is 12.7 Å². The van der Waals surface area contributed by atoms with Gasteiger partial charge in [0.2, 0.25) is 0 Å². The van der Waals surface area contributed by atoms with Gasteiger partial charge in [-0.15, -0.1) is 0 Å². The molecular formula is C16H25FN2O2. The zero-order valence-corrected chi connectivity index (χ0v) is 12.9. The van der Waals surface area contributed by atoms with E-state index in [4.69, 9.17) is 0 Å². The molecule has 21 heavy (non-hydrogen) atoms. The van der Waals surface area contributed by atoms with Gasteiger partial charge < -0.3 is 15.5 Å². The van der Waals surface area contributed by atoms with Crippen LogP contribution < -0.4 is 5.32 Å². The van der Waals surface area contributed by atoms with Crippen molar-refractivity contribution in [1.29, 1.82) is 0 Å². The van der Waals surface area contributed by atoms with Crippen LogP contribution in [0.5, 0.6) is 0 Å². The highest BCUT2D eigenvalue weighted by atomic mass is 19.1. The summed E-state index contributed by atoms with van der Waals surface area (Å²) in [6.45, 7) is 7.07. The van der Waals surface area contributed by atoms with Gasteiger partial charge in [-0.05, 0) is 38.0 Å². The fraction of sp³-hybridized carbons (Fsp3) is 0.625. The molecule has 118 valence electrons. The van der Waals surface area contributed by atoms with E-state index in [1.54, 1.807) is 32.9 Å². The molecule has 1 aliphatic heterocycles. The number of rotatable bonds is 4. The zero-order valence-electron chi connectivity index (χ0n) is 12.9. The van der Waals surface area contributed by atoms with Crippen LogP contribution >= 0.6 is 0 Å². The molecular weight excluding hydrogens is 271 g/mol. The van der Waals surface area contributed by atoms with Crippen LogP contribution in [0.3, 0.4) is 0 Å². The maximum Gasteiger partial charge on any atom is 0.126 e. The summed E-state index contributed by atoms with van der Waals surface area (Å²) in [5.41, 5.74) is 1.52. The molecule has 1 aliphatic rings. The molecule has 0 spiro atoms. The van der Waals surface area contributed by atoms with Crippen LogP contribution in [0.15, 0.2) is 18.2 Å². The van der Waals surface area contributed by atoms with Crippen molar-refractivity contribution in [3.8, 4) is 0 Å². The van der Waals surface area contributed by atoms with Crippen molar-refractivity contribution in [1.82, 2.24) is 10.2 Å². The molecule has 4 nitrogen and oxygen atoms in total. The van der Waals surface area contributed by atoms with Crippen LogP contribution in [-0.2, 0) is 6.54 Å². The number of aliphatic hydroxyl groups excluding tert-OH is 2. The molecule has 0 amide bonds. The number of piperazine rings is 1. The molecule has 0 radical (unpaired) electrons. The molecule has 0 saturated carbocycles. The fourth-order valence-corrected chi connectivity index (χ4v) is 2.80. The van der Waals surface area contributed by atoms with E-state index in [0.717, 1.165) is 5.56 Å². The Balaban J connectivity index is 2.13. The lowest BCUT2D eigenvalue weighted by molar-refractivity contribution is 0.00335. The normalized spacial score (nSPS) is 26.6. The van der Waals surface area contributed by atoms with Crippen LogP contribution in [0.4, 0.5) is 4.39 Å². The third-order valence-corrected chi connectivity index (χ3v) is 4.25. The third kappa shape index (κ3) is 4.01. The molecule has 3 N–H and O–H groups in total. The van der Waals surface area contributed by atoms with E-state index >= 15 is 0 Å². The Morgan fingerprint density at radius 3 is 2.62 bits per heavy atom. The molecule has 2 rings (SSSR count). The predicted octanol–water partition coefficient (Wildman–Crippen LogP) is 1.04. The lowest BCUT2D eigenvalue weighted by Crippen LogP contribution is -2.62. The van der Waals surface area contributed by atoms with Gasteiger partial charge in [-0.25, -0.2) is 4.39 Å². The second kappa shape index (κ2) is 6.83. The summed E-state index contributed by atoms with van der Waals surface area (Å²) in [6.07, 6.45) is -0.944. The summed E-state index contributed by atoms with van der Waals surface area (Å²) >= 11 is 0. The number of hydrogen-bond donors (Lipinski definition) is 3. The average molecular weight is 296 g/mol. The van der Waals surface area contributed by atoms with Crippen molar-refractivity contribution in [2.45, 2.75) is 51.6 Å². The van der Waals surface area contributed by atoms with Crippen molar-refractivity contribution < 1.29 is 14.6 Å². The SMILES string of the molecule is Cc1ccc(CN2C[C@H]([C@H](C)O)NC[C@H]2[C@@H](C)O)cc1F. The Morgan fingerprint density at radius 1 is 1.33 bits per heavy atom. The Hall–Kier alpha value is -1.01. The number of hydrogen-bond acceptors (Lipinski definition) is 4. The van der Waals surface area contributed by atoms with Crippen molar-refractivity contribution in [3.05, 3.63) is 35.1 Å². The molecule has 5 heteroatoms. The number of benzene rings is 1. The van der Waals surface area contributed by atoms with E-state index in [0.29, 0.717) is 25.2 Å². The van der Waals surface area contributed by atoms with Crippen LogP contribution in [0.1, 0.15) is 25.0 Å². The number of halogens is 1. The zero-order chi connectivity index (χ0) is 15.6. The third-order valence-electron chi connectivity index (χ3n) is 4.25. The minimum absolute atomic E-state index is 0.0321. The monoisotopic (exact) mass is 296 g/mol. The van der Waals surface area contributed by atoms with Gasteiger partial charge in [-0.2, -0.15) is 0 Å². The fourth-order valence-electron chi connectivity index (χ4n) is 2.80. The standard InChI is InChI=1S/C16H25FN2O2/c1-10-4-5-13(6-14(10)17)8-19-9-15(11(2)20)18-7-16(19)12(3)21/h4-6,11-12,15-16,18,20-21H,7-9H2,1-3H3/t11-,12+,15+,16-/m0/s1. The maximum absolute atomic E-state index is 13.7. The number of nitrogens with zero attached hydrogens (tertiary/aromatic N) is 1. The van der Waals surface area contributed by atoms with Crippen LogP contribution in [0.25, 0.3) is 0 Å². The van der Waals surface area contributed by atoms with Gasteiger partial charge in [0.1, 0.15) is 5.82 Å². The first-order valence-corrected chi connectivity index (χ1v) is 7.47. The minimum Gasteiger partial charge on any atom is -0.392 e. The van der Waals surface area contributed by atoms with Gasteiger partial charge in [0.05, 0.1) is 12.2 Å². The van der Waals surface area contributed by atoms with Gasteiger partial charge in [0, 0.05) is 31.7 Å². The van der Waals surface area contributed by atoms with E-state index in [9.17, 15) is 14.6 Å². The molecule has 1 heterocycles. The first kappa shape index (κ1) is 16.4. The summed E-state index contributed by atoms with van der Waals surface area (Å²) in [4.78, 5) is 2.11. The number of nitrogens with one attached hydrogen (secondary N) is 1. The lowest BCUT2D eigenvalue weighted by atomic mass is 10.0. The molecule has 0 bridgehead atoms. The average Bonchev–Trinajstić information content (AvgIpc) is 2.42. The van der Waals surface area contributed by atoms with Gasteiger partial charge in [0.25, 0.3) is 0 Å². The lowest BCUT2D eigenvalue weighted by Gasteiger charge is -2.42. The summed E-state index contributed by atoms with van der Waals surface area (Å²) in [6, 6.07) is 5.17. The first-order chi connectivity index (χ1) is 9.88. The Labute approximate surface area is 125 Å². The van der Waals surface area contributed by atoms with E-state index in [1.807, 2.05) is 6.07 Å². The van der Waals surface area contributed by atoms with Crippen molar-refractivity contribution in [2.24, 2.45) is 0 Å². The number of aliphatic hydroxyl groups is 2. The van der Waals surface area contributed by atoms with Gasteiger partial charge in [0.15, 0.2) is 0 Å². The van der Waals surface area contributed by atoms with Crippen molar-refractivity contribution in [3.63, 3.8) is 0 Å². The van der Waals surface area contributed by atoms with Crippen LogP contribution in [-0.4, -0.2) is 52.5 Å². The molecule has 0 unspecified atom stereocenters. The van der Waals surface area contributed by atoms with E-state index in [-0.39, 0.29) is 17.9 Å². The Morgan fingerprint density at radius 2 is 2.05 bits per heavy atom. The molecule has 1 fully saturated rings. The van der Waals surface area contributed by atoms with Crippen LogP contribution in [0.2, 0.25) is 0 Å². The number of aryl methyl sites for hydroxylation is 1. The van der Waals surface area contributed by atoms with E-state index < -0.39 is 12.2 Å². The smallest absolute Gasteiger partial charge is 0.126 e. The molecule has 1 aromatic rings. The maximum atomic E-state index is 13.7. The first-order valence-electron chi connectivity index (χ1n) is 7.47. The Kier molecular flexibility index (Phi) is 5.32.